The van der Waals surface area contributed by atoms with Crippen LogP contribution in [-0.2, 0) is 9.84 Å². The number of aromatic nitrogens is 5. The smallest absolute Gasteiger partial charge is 0.320 e. The molecule has 2 aromatic carbocycles. The fourth-order valence-corrected chi connectivity index (χ4v) is 15.0. The van der Waals surface area contributed by atoms with Crippen LogP contribution in [0.3, 0.4) is 0 Å². The van der Waals surface area contributed by atoms with Gasteiger partial charge in [-0.2, -0.15) is 5.10 Å². The lowest BCUT2D eigenvalue weighted by atomic mass is 9.85. The normalized spacial score (nSPS) is 18.9. The first-order chi connectivity index (χ1) is 27.6. The lowest BCUT2D eigenvalue weighted by Gasteiger charge is -2.44. The number of nitrogens with zero attached hydrogens (tertiary/aromatic N) is 6. The second-order valence-corrected chi connectivity index (χ2v) is 24.0. The van der Waals surface area contributed by atoms with Crippen molar-refractivity contribution in [2.45, 2.75) is 129 Å². The van der Waals surface area contributed by atoms with E-state index >= 15 is 0 Å². The molecule has 1 aliphatic heterocycles. The number of pyridine rings is 1. The molecule has 3 aromatic heterocycles. The average Bonchev–Trinajstić information content (AvgIpc) is 3.81. The summed E-state index contributed by atoms with van der Waals surface area (Å²) in [6.07, 6.45) is 5.59. The van der Waals surface area contributed by atoms with Crippen LogP contribution in [0.5, 0.6) is 5.75 Å². The van der Waals surface area contributed by atoms with Crippen LogP contribution >= 0.6 is 0 Å². The number of ether oxygens (including phenoxy) is 1. The number of fused-ring (bicyclic) bond motifs is 2. The summed E-state index contributed by atoms with van der Waals surface area (Å²) < 4.78 is 17.7. The van der Waals surface area contributed by atoms with E-state index in [0.717, 1.165) is 90.8 Å². The van der Waals surface area contributed by atoms with E-state index in [-0.39, 0.29) is 23.6 Å². The Hall–Kier alpha value is -4.68. The summed E-state index contributed by atoms with van der Waals surface area (Å²) in [6.45, 7) is 25.2. The van der Waals surface area contributed by atoms with Crippen molar-refractivity contribution in [2.75, 3.05) is 29.9 Å². The first kappa shape index (κ1) is 41.5. The molecule has 0 saturated carbocycles. The molecule has 2 amide bonds. The van der Waals surface area contributed by atoms with Gasteiger partial charge < -0.3 is 19.4 Å². The summed E-state index contributed by atoms with van der Waals surface area (Å²) in [5, 5.41) is 20.5. The number of amides is 2. The molecule has 1 fully saturated rings. The Morgan fingerprint density at radius 1 is 0.897 bits per heavy atom. The molecule has 1 aliphatic carbocycles. The summed E-state index contributed by atoms with van der Waals surface area (Å²) >= 11 is 0. The fraction of sp³-hybridized carbons (Fsp3) is 0.522. The molecule has 0 bridgehead atoms. The predicted molar refractivity (Wildman–Crippen MR) is 236 cm³/mol. The number of benzene rings is 2. The van der Waals surface area contributed by atoms with Crippen molar-refractivity contribution in [1.29, 1.82) is 0 Å². The van der Waals surface area contributed by atoms with Crippen molar-refractivity contribution in [3.63, 3.8) is 0 Å². The van der Waals surface area contributed by atoms with Gasteiger partial charge in [0.1, 0.15) is 17.7 Å². The van der Waals surface area contributed by atoms with Gasteiger partial charge in [-0.05, 0) is 90.5 Å². The zero-order chi connectivity index (χ0) is 41.4. The van der Waals surface area contributed by atoms with E-state index < -0.39 is 8.32 Å². The quantitative estimate of drug-likeness (QED) is 0.121. The number of anilines is 2. The summed E-state index contributed by atoms with van der Waals surface area (Å²) in [6, 6.07) is 21.9. The third-order valence-corrected chi connectivity index (χ3v) is 18.5. The van der Waals surface area contributed by atoms with Gasteiger partial charge in [0.25, 0.3) is 0 Å². The van der Waals surface area contributed by atoms with Crippen LogP contribution in [0, 0.1) is 12.8 Å². The number of piperidine rings is 1. The van der Waals surface area contributed by atoms with E-state index in [0.29, 0.717) is 28.4 Å². The van der Waals surface area contributed by atoms with E-state index in [1.807, 2.05) is 53.3 Å². The van der Waals surface area contributed by atoms with E-state index in [1.165, 1.54) is 0 Å². The van der Waals surface area contributed by atoms with Gasteiger partial charge in [0.05, 0.1) is 23.6 Å². The predicted octanol–water partition coefficient (Wildman–Crippen LogP) is 10.7. The highest BCUT2D eigenvalue weighted by Gasteiger charge is 2.45. The number of carbonyl (C=O) groups is 1. The number of nitrogens with one attached hydrogen (secondary N) is 2. The maximum absolute atomic E-state index is 13.7. The number of hydrogen-bond donors (Lipinski definition) is 2. The van der Waals surface area contributed by atoms with Gasteiger partial charge in [0.2, 0.25) is 5.95 Å². The SMILES string of the molecule is Cc1ccc(-n2nc(C(C)(C)C)cc2NC(=O)N[C@H]2CC[C@@H](Oc3ccc4nnc(N5CCC[C@H](CO[Si](C(C)C)(C(C)C)C(C)C)C5)n4c3)c3ccccc32)cc1. The highest BCUT2D eigenvalue weighted by atomic mass is 28.4. The monoisotopic (exact) mass is 804 g/mol. The molecule has 2 aliphatic rings. The number of rotatable bonds is 12. The van der Waals surface area contributed by atoms with Gasteiger partial charge in [-0.25, -0.2) is 9.48 Å². The maximum atomic E-state index is 13.7. The zero-order valence-electron chi connectivity index (χ0n) is 36.3. The number of urea groups is 1. The van der Waals surface area contributed by atoms with Crippen LogP contribution in [0.15, 0.2) is 72.9 Å². The van der Waals surface area contributed by atoms with Crippen LogP contribution in [0.4, 0.5) is 16.6 Å². The Balaban J connectivity index is 1.04. The third-order valence-electron chi connectivity index (χ3n) is 12.5. The Morgan fingerprint density at radius 2 is 1.60 bits per heavy atom. The van der Waals surface area contributed by atoms with Gasteiger partial charge in [0, 0.05) is 31.2 Å². The van der Waals surface area contributed by atoms with Crippen LogP contribution in [0.25, 0.3) is 11.3 Å². The highest BCUT2D eigenvalue weighted by molar-refractivity contribution is 6.77. The van der Waals surface area contributed by atoms with E-state index in [1.54, 1.807) is 0 Å². The Kier molecular flexibility index (Phi) is 12.1. The Morgan fingerprint density at radius 3 is 2.29 bits per heavy atom. The largest absolute Gasteiger partial charge is 0.484 e. The third kappa shape index (κ3) is 8.54. The molecule has 2 N–H and O–H groups in total. The Bertz CT molecular complexity index is 2170. The minimum atomic E-state index is -1.94. The molecule has 11 nitrogen and oxygen atoms in total. The first-order valence-electron chi connectivity index (χ1n) is 21.4. The molecule has 0 spiro atoms. The Labute approximate surface area is 346 Å². The van der Waals surface area contributed by atoms with Gasteiger partial charge in [0.15, 0.2) is 14.0 Å². The molecule has 4 heterocycles. The van der Waals surface area contributed by atoms with Crippen LogP contribution in [0.1, 0.15) is 123 Å². The highest BCUT2D eigenvalue weighted by Crippen LogP contribution is 2.43. The summed E-state index contributed by atoms with van der Waals surface area (Å²) in [5.74, 6) is 2.68. The molecular weight excluding hydrogens is 741 g/mol. The molecule has 0 unspecified atom stereocenters. The second kappa shape index (κ2) is 16.9. The van der Waals surface area contributed by atoms with Crippen molar-refractivity contribution in [3.05, 3.63) is 95.3 Å². The molecule has 7 rings (SSSR count). The minimum absolute atomic E-state index is 0.171. The number of hydrogen-bond acceptors (Lipinski definition) is 7. The van der Waals surface area contributed by atoms with Gasteiger partial charge in [-0.3, -0.25) is 9.72 Å². The second-order valence-electron chi connectivity index (χ2n) is 18.6. The van der Waals surface area contributed by atoms with Crippen molar-refractivity contribution in [2.24, 2.45) is 5.92 Å². The maximum Gasteiger partial charge on any atom is 0.320 e. The molecule has 1 saturated heterocycles. The average molecular weight is 805 g/mol. The van der Waals surface area contributed by atoms with Gasteiger partial charge in [-0.15, -0.1) is 10.2 Å². The number of aryl methyl sites for hydroxylation is 1. The van der Waals surface area contributed by atoms with Crippen LogP contribution in [-0.4, -0.2) is 58.4 Å². The van der Waals surface area contributed by atoms with Crippen molar-refractivity contribution >= 4 is 31.8 Å². The van der Waals surface area contributed by atoms with E-state index in [2.05, 4.69) is 124 Å². The van der Waals surface area contributed by atoms with Crippen molar-refractivity contribution < 1.29 is 14.0 Å². The van der Waals surface area contributed by atoms with E-state index in [4.69, 9.17) is 14.3 Å². The molecule has 58 heavy (non-hydrogen) atoms. The van der Waals surface area contributed by atoms with E-state index in [9.17, 15) is 4.79 Å². The molecule has 5 aromatic rings. The summed E-state index contributed by atoms with van der Waals surface area (Å²) in [7, 11) is -1.94. The molecule has 0 radical (unpaired) electrons. The summed E-state index contributed by atoms with van der Waals surface area (Å²) in [5.41, 5.74) is 7.40. The lowest BCUT2D eigenvalue weighted by Crippen LogP contribution is -2.49. The zero-order valence-corrected chi connectivity index (χ0v) is 37.3. The van der Waals surface area contributed by atoms with Crippen LogP contribution in [0.2, 0.25) is 16.6 Å². The lowest BCUT2D eigenvalue weighted by molar-refractivity contribution is 0.171. The van der Waals surface area contributed by atoms with Gasteiger partial charge in [-0.1, -0.05) is 104 Å². The molecule has 310 valence electrons. The topological polar surface area (TPSA) is 111 Å². The van der Waals surface area contributed by atoms with Gasteiger partial charge >= 0.3 is 6.03 Å². The minimum Gasteiger partial charge on any atom is -0.484 e. The molecular formula is C46H64N8O3Si. The van der Waals surface area contributed by atoms with Crippen molar-refractivity contribution in [1.82, 2.24) is 29.7 Å². The standard InChI is InChI=1S/C46H64N8O3Si/c1-30(2)58(31(3)4,32(5)6)56-29-34-14-13-25-52(27-34)45-50-49-42-24-21-36(28-53(42)45)57-40-23-22-39(37-15-11-12-16-38(37)40)47-44(55)48-43-26-41(46(8,9)10)51-54(43)35-19-17-33(7)18-20-35/h11-12,15-21,24,26,28,30-32,34,39-40H,13-14,22-23,25,27,29H2,1-10H3,(H2,47,48,55)/t34-,39-,40+/m0/s1. The fourth-order valence-electron chi connectivity index (χ4n) is 9.51. The molecule has 12 heteroatoms. The van der Waals surface area contributed by atoms with Crippen molar-refractivity contribution in [3.8, 4) is 11.4 Å². The molecule has 3 atom stereocenters. The first-order valence-corrected chi connectivity index (χ1v) is 23.5. The summed E-state index contributed by atoms with van der Waals surface area (Å²) in [4.78, 5) is 16.1. The van der Waals surface area contributed by atoms with Crippen LogP contribution < -0.4 is 20.3 Å². The number of carbonyl (C=O) groups excluding carboxylic acids is 1.